The first-order valence-corrected chi connectivity index (χ1v) is 5.79. The molecule has 0 bridgehead atoms. The molecule has 0 spiro atoms. The molecular formula is C11H23N3O. The number of amides is 1. The van der Waals surface area contributed by atoms with Crippen LogP contribution in [0, 0.1) is 5.92 Å². The average Bonchev–Trinajstić information content (AvgIpc) is 2.53. The molecule has 1 amide bonds. The number of nitrogens with two attached hydrogens (primary N) is 1. The topological polar surface area (TPSA) is 58.4 Å². The van der Waals surface area contributed by atoms with Crippen molar-refractivity contribution in [2.45, 2.75) is 52.1 Å². The van der Waals surface area contributed by atoms with Crippen molar-refractivity contribution in [3.05, 3.63) is 0 Å². The summed E-state index contributed by atoms with van der Waals surface area (Å²) in [5.41, 5.74) is 2.17. The van der Waals surface area contributed by atoms with Crippen molar-refractivity contribution < 1.29 is 4.79 Å². The lowest BCUT2D eigenvalue weighted by atomic mass is 10.1. The number of nitrogens with one attached hydrogen (secondary N) is 1. The van der Waals surface area contributed by atoms with E-state index in [9.17, 15) is 4.79 Å². The minimum Gasteiger partial charge on any atom is -0.298 e. The van der Waals surface area contributed by atoms with Gasteiger partial charge in [-0.15, -0.1) is 0 Å². The van der Waals surface area contributed by atoms with Gasteiger partial charge in [0.2, 0.25) is 5.91 Å². The van der Waals surface area contributed by atoms with Crippen molar-refractivity contribution in [3.63, 3.8) is 0 Å². The molecule has 1 fully saturated rings. The maximum absolute atomic E-state index is 11.0. The Morgan fingerprint density at radius 3 is 2.73 bits per heavy atom. The third kappa shape index (κ3) is 3.47. The standard InChI is InChI=1S/C11H23N3O/c1-8-6-10(3)14(7-8)9(2)4-5-11(15)13-12/h8-10H,4-7,12H2,1-3H3,(H,13,15). The molecule has 1 aliphatic rings. The number of hydrazine groups is 1. The lowest BCUT2D eigenvalue weighted by Crippen LogP contribution is -2.37. The molecule has 3 unspecified atom stereocenters. The Morgan fingerprint density at radius 1 is 1.60 bits per heavy atom. The molecule has 1 aliphatic heterocycles. The molecule has 0 aliphatic carbocycles. The summed E-state index contributed by atoms with van der Waals surface area (Å²) >= 11 is 0. The van der Waals surface area contributed by atoms with Crippen LogP contribution < -0.4 is 11.3 Å². The maximum Gasteiger partial charge on any atom is 0.233 e. The third-order valence-electron chi connectivity index (χ3n) is 3.35. The molecule has 15 heavy (non-hydrogen) atoms. The van der Waals surface area contributed by atoms with Crippen LogP contribution in [-0.2, 0) is 4.79 Å². The van der Waals surface area contributed by atoms with Crippen LogP contribution in [-0.4, -0.2) is 29.4 Å². The molecule has 0 aromatic carbocycles. The molecule has 4 heteroatoms. The van der Waals surface area contributed by atoms with Crippen molar-refractivity contribution in [3.8, 4) is 0 Å². The summed E-state index contributed by atoms with van der Waals surface area (Å²) in [6, 6.07) is 1.12. The van der Waals surface area contributed by atoms with Crippen LogP contribution in [0.25, 0.3) is 0 Å². The van der Waals surface area contributed by atoms with Crippen molar-refractivity contribution >= 4 is 5.91 Å². The zero-order valence-corrected chi connectivity index (χ0v) is 9.99. The second-order valence-corrected chi connectivity index (χ2v) is 4.84. The van der Waals surface area contributed by atoms with Gasteiger partial charge in [0.25, 0.3) is 0 Å². The first-order valence-electron chi connectivity index (χ1n) is 5.79. The highest BCUT2D eigenvalue weighted by atomic mass is 16.2. The molecule has 0 aromatic heterocycles. The average molecular weight is 213 g/mol. The first-order chi connectivity index (χ1) is 7.04. The van der Waals surface area contributed by atoms with E-state index >= 15 is 0 Å². The molecule has 0 radical (unpaired) electrons. The van der Waals surface area contributed by atoms with Crippen molar-refractivity contribution in [2.75, 3.05) is 6.54 Å². The highest BCUT2D eigenvalue weighted by Gasteiger charge is 2.29. The third-order valence-corrected chi connectivity index (χ3v) is 3.35. The molecule has 88 valence electrons. The SMILES string of the molecule is CC1CC(C)N(C(C)CCC(=O)NN)C1. The lowest BCUT2D eigenvalue weighted by Gasteiger charge is -2.28. The van der Waals surface area contributed by atoms with Gasteiger partial charge in [-0.1, -0.05) is 6.92 Å². The zero-order valence-electron chi connectivity index (χ0n) is 9.99. The second kappa shape index (κ2) is 5.47. The van der Waals surface area contributed by atoms with Gasteiger partial charge in [0.15, 0.2) is 0 Å². The normalized spacial score (nSPS) is 29.1. The zero-order chi connectivity index (χ0) is 11.4. The Balaban J connectivity index is 2.33. The van der Waals surface area contributed by atoms with Gasteiger partial charge in [-0.3, -0.25) is 15.1 Å². The molecule has 1 saturated heterocycles. The summed E-state index contributed by atoms with van der Waals surface area (Å²) in [6.07, 6.45) is 2.68. The van der Waals surface area contributed by atoms with Crippen LogP contribution in [0.2, 0.25) is 0 Å². The number of rotatable bonds is 4. The van der Waals surface area contributed by atoms with Gasteiger partial charge >= 0.3 is 0 Å². The summed E-state index contributed by atoms with van der Waals surface area (Å²) in [4.78, 5) is 13.5. The fourth-order valence-electron chi connectivity index (χ4n) is 2.52. The monoisotopic (exact) mass is 213 g/mol. The summed E-state index contributed by atoms with van der Waals surface area (Å²) in [5.74, 6) is 5.76. The Kier molecular flexibility index (Phi) is 4.54. The molecule has 3 atom stereocenters. The number of nitrogens with zero attached hydrogens (tertiary/aromatic N) is 1. The fourth-order valence-corrected chi connectivity index (χ4v) is 2.52. The van der Waals surface area contributed by atoms with E-state index in [1.165, 1.54) is 6.42 Å². The predicted molar refractivity (Wildman–Crippen MR) is 61.0 cm³/mol. The van der Waals surface area contributed by atoms with Crippen LogP contribution in [0.1, 0.15) is 40.0 Å². The Hall–Kier alpha value is -0.610. The van der Waals surface area contributed by atoms with E-state index in [1.807, 2.05) is 0 Å². The summed E-state index contributed by atoms with van der Waals surface area (Å²) < 4.78 is 0. The molecule has 3 N–H and O–H groups in total. The molecule has 1 heterocycles. The second-order valence-electron chi connectivity index (χ2n) is 4.84. The van der Waals surface area contributed by atoms with E-state index in [4.69, 9.17) is 5.84 Å². The first kappa shape index (κ1) is 12.5. The van der Waals surface area contributed by atoms with Crippen molar-refractivity contribution in [1.29, 1.82) is 0 Å². The number of hydrogen-bond donors (Lipinski definition) is 2. The van der Waals surface area contributed by atoms with E-state index in [0.717, 1.165) is 18.9 Å². The minimum atomic E-state index is -0.0678. The maximum atomic E-state index is 11.0. The Labute approximate surface area is 92.2 Å². The van der Waals surface area contributed by atoms with Crippen molar-refractivity contribution in [2.24, 2.45) is 11.8 Å². The number of hydrogen-bond acceptors (Lipinski definition) is 3. The highest BCUT2D eigenvalue weighted by Crippen LogP contribution is 2.25. The van der Waals surface area contributed by atoms with Crippen LogP contribution >= 0.6 is 0 Å². The van der Waals surface area contributed by atoms with Gasteiger partial charge in [-0.25, -0.2) is 5.84 Å². The number of carbonyl (C=O) groups is 1. The van der Waals surface area contributed by atoms with Gasteiger partial charge in [0, 0.05) is 25.0 Å². The largest absolute Gasteiger partial charge is 0.298 e. The Morgan fingerprint density at radius 2 is 2.27 bits per heavy atom. The molecule has 0 aromatic rings. The van der Waals surface area contributed by atoms with Gasteiger partial charge in [0.1, 0.15) is 0 Å². The minimum absolute atomic E-state index is 0.0678. The van der Waals surface area contributed by atoms with Gasteiger partial charge in [-0.2, -0.15) is 0 Å². The summed E-state index contributed by atoms with van der Waals surface area (Å²) in [5, 5.41) is 0. The lowest BCUT2D eigenvalue weighted by molar-refractivity contribution is -0.121. The summed E-state index contributed by atoms with van der Waals surface area (Å²) in [7, 11) is 0. The van der Waals surface area contributed by atoms with Crippen molar-refractivity contribution in [1.82, 2.24) is 10.3 Å². The van der Waals surface area contributed by atoms with Gasteiger partial charge in [0.05, 0.1) is 0 Å². The molecule has 4 nitrogen and oxygen atoms in total. The smallest absolute Gasteiger partial charge is 0.233 e. The van der Waals surface area contributed by atoms with E-state index < -0.39 is 0 Å². The van der Waals surface area contributed by atoms with E-state index in [-0.39, 0.29) is 5.91 Å². The predicted octanol–water partition coefficient (Wildman–Crippen LogP) is 0.875. The molecular weight excluding hydrogens is 190 g/mol. The summed E-state index contributed by atoms with van der Waals surface area (Å²) in [6.45, 7) is 7.91. The number of carbonyl (C=O) groups excluding carboxylic acids is 1. The molecule has 1 rings (SSSR count). The van der Waals surface area contributed by atoms with Gasteiger partial charge in [-0.05, 0) is 32.6 Å². The number of likely N-dealkylation sites (tertiary alicyclic amines) is 1. The van der Waals surface area contributed by atoms with Gasteiger partial charge < -0.3 is 0 Å². The van der Waals surface area contributed by atoms with Crippen LogP contribution in [0.15, 0.2) is 0 Å². The van der Waals surface area contributed by atoms with Crippen LogP contribution in [0.3, 0.4) is 0 Å². The molecule has 0 saturated carbocycles. The van der Waals surface area contributed by atoms with E-state index in [0.29, 0.717) is 18.5 Å². The Bertz CT molecular complexity index is 220. The van der Waals surface area contributed by atoms with Crippen LogP contribution in [0.4, 0.5) is 0 Å². The van der Waals surface area contributed by atoms with Crippen LogP contribution in [0.5, 0.6) is 0 Å². The fraction of sp³-hybridized carbons (Fsp3) is 0.909. The highest BCUT2D eigenvalue weighted by molar-refractivity contribution is 5.75. The van der Waals surface area contributed by atoms with E-state index in [1.54, 1.807) is 0 Å². The quantitative estimate of drug-likeness (QED) is 0.414. The van der Waals surface area contributed by atoms with E-state index in [2.05, 4.69) is 31.1 Å².